The average molecular weight is 301 g/mol. The number of likely N-dealkylation sites (tertiary alicyclic amines) is 1. The van der Waals surface area contributed by atoms with E-state index in [1.807, 2.05) is 0 Å². The van der Waals surface area contributed by atoms with E-state index in [-0.39, 0.29) is 10.9 Å². The van der Waals surface area contributed by atoms with Gasteiger partial charge in [-0.3, -0.25) is 4.79 Å². The Bertz CT molecular complexity index is 498. The number of nitrogens with two attached hydrogens (primary N) is 1. The molecule has 4 nitrogen and oxygen atoms in total. The third-order valence-corrected chi connectivity index (χ3v) is 3.77. The zero-order valence-corrected chi connectivity index (χ0v) is 12.1. The first-order valence-corrected chi connectivity index (χ1v) is 6.99. The molecule has 0 aliphatic carbocycles. The standard InChI is InChI=1S/C14H18ClFN2O2/c1-9(14(19)18-5-4-10(7-17)8-18)20-13-3-2-11(16)6-12(13)15/h2-3,6,9-10H,4-5,7-8,17H2,1H3/t9-,10+/m1/s1. The molecule has 0 saturated carbocycles. The second-order valence-electron chi connectivity index (χ2n) is 5.01. The summed E-state index contributed by atoms with van der Waals surface area (Å²) < 4.78 is 18.5. The van der Waals surface area contributed by atoms with Gasteiger partial charge in [-0.15, -0.1) is 0 Å². The molecule has 2 atom stereocenters. The molecule has 0 unspecified atom stereocenters. The lowest BCUT2D eigenvalue weighted by Crippen LogP contribution is -2.39. The van der Waals surface area contributed by atoms with Crippen LogP contribution in [0.5, 0.6) is 5.75 Å². The van der Waals surface area contributed by atoms with Crippen LogP contribution in [-0.4, -0.2) is 36.5 Å². The van der Waals surface area contributed by atoms with Crippen molar-refractivity contribution < 1.29 is 13.9 Å². The molecule has 1 amide bonds. The number of amides is 1. The highest BCUT2D eigenvalue weighted by Gasteiger charge is 2.29. The van der Waals surface area contributed by atoms with Crippen LogP contribution in [-0.2, 0) is 4.79 Å². The van der Waals surface area contributed by atoms with Crippen LogP contribution in [0.15, 0.2) is 18.2 Å². The highest BCUT2D eigenvalue weighted by Crippen LogP contribution is 2.26. The molecule has 1 heterocycles. The molecule has 0 spiro atoms. The summed E-state index contributed by atoms with van der Waals surface area (Å²) in [5, 5.41) is 0.158. The lowest BCUT2D eigenvalue weighted by molar-refractivity contribution is -0.136. The van der Waals surface area contributed by atoms with E-state index in [0.717, 1.165) is 12.5 Å². The van der Waals surface area contributed by atoms with E-state index in [9.17, 15) is 9.18 Å². The molecule has 6 heteroatoms. The largest absolute Gasteiger partial charge is 0.479 e. The normalized spacial score (nSPS) is 20.0. The maximum atomic E-state index is 12.9. The lowest BCUT2D eigenvalue weighted by Gasteiger charge is -2.22. The van der Waals surface area contributed by atoms with E-state index < -0.39 is 11.9 Å². The number of benzene rings is 1. The maximum Gasteiger partial charge on any atom is 0.263 e. The minimum atomic E-state index is -0.658. The summed E-state index contributed by atoms with van der Waals surface area (Å²) in [5.41, 5.74) is 5.61. The zero-order chi connectivity index (χ0) is 14.7. The van der Waals surface area contributed by atoms with Crippen LogP contribution in [0.2, 0.25) is 5.02 Å². The predicted molar refractivity (Wildman–Crippen MR) is 75.2 cm³/mol. The minimum absolute atomic E-state index is 0.0960. The van der Waals surface area contributed by atoms with Gasteiger partial charge in [0.15, 0.2) is 6.10 Å². The first-order valence-electron chi connectivity index (χ1n) is 6.62. The second-order valence-corrected chi connectivity index (χ2v) is 5.42. The molecular formula is C14H18ClFN2O2. The van der Waals surface area contributed by atoms with Gasteiger partial charge in [-0.05, 0) is 44.0 Å². The fourth-order valence-electron chi connectivity index (χ4n) is 2.29. The van der Waals surface area contributed by atoms with E-state index in [1.165, 1.54) is 12.1 Å². The molecule has 1 aromatic carbocycles. The van der Waals surface area contributed by atoms with Gasteiger partial charge in [0.05, 0.1) is 5.02 Å². The lowest BCUT2D eigenvalue weighted by atomic mass is 10.1. The zero-order valence-electron chi connectivity index (χ0n) is 11.3. The van der Waals surface area contributed by atoms with Gasteiger partial charge < -0.3 is 15.4 Å². The van der Waals surface area contributed by atoms with Crippen molar-refractivity contribution in [1.82, 2.24) is 4.90 Å². The summed E-state index contributed by atoms with van der Waals surface area (Å²) in [6, 6.07) is 3.83. The monoisotopic (exact) mass is 300 g/mol. The topological polar surface area (TPSA) is 55.6 Å². The molecule has 110 valence electrons. The molecular weight excluding hydrogens is 283 g/mol. The van der Waals surface area contributed by atoms with Gasteiger partial charge >= 0.3 is 0 Å². The molecule has 2 rings (SSSR count). The molecule has 1 fully saturated rings. The number of hydrogen-bond donors (Lipinski definition) is 1. The van der Waals surface area contributed by atoms with E-state index in [4.69, 9.17) is 22.1 Å². The average Bonchev–Trinajstić information content (AvgIpc) is 2.89. The van der Waals surface area contributed by atoms with Crippen LogP contribution >= 0.6 is 11.6 Å². The van der Waals surface area contributed by atoms with E-state index >= 15 is 0 Å². The number of carbonyl (C=O) groups is 1. The summed E-state index contributed by atoms with van der Waals surface area (Å²) in [5.74, 6) is 0.136. The number of ether oxygens (including phenoxy) is 1. The van der Waals surface area contributed by atoms with Crippen molar-refractivity contribution in [3.63, 3.8) is 0 Å². The summed E-state index contributed by atoms with van der Waals surface area (Å²) in [6.45, 7) is 3.62. The van der Waals surface area contributed by atoms with Gasteiger partial charge in [-0.1, -0.05) is 11.6 Å². The van der Waals surface area contributed by atoms with Crippen molar-refractivity contribution in [2.24, 2.45) is 11.7 Å². The fraction of sp³-hybridized carbons (Fsp3) is 0.500. The Morgan fingerprint density at radius 2 is 2.40 bits per heavy atom. The number of rotatable bonds is 4. The first kappa shape index (κ1) is 15.1. The van der Waals surface area contributed by atoms with Crippen molar-refractivity contribution >= 4 is 17.5 Å². The first-order chi connectivity index (χ1) is 9.51. The highest BCUT2D eigenvalue weighted by molar-refractivity contribution is 6.32. The summed E-state index contributed by atoms with van der Waals surface area (Å²) in [7, 11) is 0. The van der Waals surface area contributed by atoms with E-state index in [1.54, 1.807) is 11.8 Å². The number of hydrogen-bond acceptors (Lipinski definition) is 3. The van der Waals surface area contributed by atoms with Crippen molar-refractivity contribution in [2.45, 2.75) is 19.4 Å². The van der Waals surface area contributed by atoms with Gasteiger partial charge in [0.25, 0.3) is 5.91 Å². The molecule has 0 radical (unpaired) electrons. The Morgan fingerprint density at radius 1 is 1.65 bits per heavy atom. The van der Waals surface area contributed by atoms with Crippen molar-refractivity contribution in [3.8, 4) is 5.75 Å². The molecule has 2 N–H and O–H groups in total. The Balaban J connectivity index is 1.97. The van der Waals surface area contributed by atoms with Crippen molar-refractivity contribution in [2.75, 3.05) is 19.6 Å². The Morgan fingerprint density at radius 3 is 3.00 bits per heavy atom. The molecule has 1 aliphatic rings. The van der Waals surface area contributed by atoms with E-state index in [0.29, 0.717) is 31.3 Å². The number of carbonyl (C=O) groups excluding carboxylic acids is 1. The van der Waals surface area contributed by atoms with E-state index in [2.05, 4.69) is 0 Å². The molecule has 1 saturated heterocycles. The Labute approximate surface area is 122 Å². The van der Waals surface area contributed by atoms with Crippen LogP contribution < -0.4 is 10.5 Å². The van der Waals surface area contributed by atoms with Gasteiger partial charge in [0.2, 0.25) is 0 Å². The Hall–Kier alpha value is -1.33. The van der Waals surface area contributed by atoms with Gasteiger partial charge in [-0.25, -0.2) is 4.39 Å². The van der Waals surface area contributed by atoms with Crippen molar-refractivity contribution in [1.29, 1.82) is 0 Å². The maximum absolute atomic E-state index is 12.9. The highest BCUT2D eigenvalue weighted by atomic mass is 35.5. The van der Waals surface area contributed by atoms with Crippen LogP contribution in [0.4, 0.5) is 4.39 Å². The number of halogens is 2. The number of nitrogens with zero attached hydrogens (tertiary/aromatic N) is 1. The van der Waals surface area contributed by atoms with Gasteiger partial charge in [0, 0.05) is 13.1 Å². The van der Waals surface area contributed by atoms with Gasteiger partial charge in [0.1, 0.15) is 11.6 Å². The van der Waals surface area contributed by atoms with Crippen LogP contribution in [0.1, 0.15) is 13.3 Å². The SMILES string of the molecule is C[C@@H](Oc1ccc(F)cc1Cl)C(=O)N1CC[C@@H](CN)C1. The summed E-state index contributed by atoms with van der Waals surface area (Å²) in [6.07, 6.45) is 0.265. The summed E-state index contributed by atoms with van der Waals surface area (Å²) in [4.78, 5) is 14.0. The second kappa shape index (κ2) is 6.41. The fourth-order valence-corrected chi connectivity index (χ4v) is 2.51. The molecule has 0 bridgehead atoms. The minimum Gasteiger partial charge on any atom is -0.479 e. The Kier molecular flexibility index (Phi) is 4.83. The third kappa shape index (κ3) is 3.41. The van der Waals surface area contributed by atoms with Crippen LogP contribution in [0.25, 0.3) is 0 Å². The predicted octanol–water partition coefficient (Wildman–Crippen LogP) is 2.05. The van der Waals surface area contributed by atoms with Crippen LogP contribution in [0, 0.1) is 11.7 Å². The molecule has 1 aromatic rings. The third-order valence-electron chi connectivity index (χ3n) is 3.48. The van der Waals surface area contributed by atoms with Crippen LogP contribution in [0.3, 0.4) is 0 Å². The molecule has 20 heavy (non-hydrogen) atoms. The quantitative estimate of drug-likeness (QED) is 0.926. The van der Waals surface area contributed by atoms with Gasteiger partial charge in [-0.2, -0.15) is 0 Å². The summed E-state index contributed by atoms with van der Waals surface area (Å²) >= 11 is 5.88. The smallest absolute Gasteiger partial charge is 0.263 e. The van der Waals surface area contributed by atoms with Crippen molar-refractivity contribution in [3.05, 3.63) is 29.0 Å². The molecule has 0 aromatic heterocycles. The molecule has 1 aliphatic heterocycles.